The second-order valence-electron chi connectivity index (χ2n) is 3.34. The molecule has 2 rings (SSSR count). The zero-order chi connectivity index (χ0) is 12.3. The maximum absolute atomic E-state index is 11.7. The van der Waals surface area contributed by atoms with E-state index in [4.69, 9.17) is 9.47 Å². The molecule has 1 fully saturated rings. The highest BCUT2D eigenvalue weighted by molar-refractivity contribution is 7.92. The minimum atomic E-state index is -3.75. The van der Waals surface area contributed by atoms with Crippen molar-refractivity contribution in [3.63, 3.8) is 0 Å². The van der Waals surface area contributed by atoms with Crippen LogP contribution in [0, 0.1) is 0 Å². The Morgan fingerprint density at radius 2 is 2.18 bits per heavy atom. The molecule has 1 amide bonds. The van der Waals surface area contributed by atoms with Gasteiger partial charge in [0.2, 0.25) is 5.91 Å². The molecule has 0 saturated carbocycles. The summed E-state index contributed by atoms with van der Waals surface area (Å²) in [4.78, 5) is 11.5. The first kappa shape index (κ1) is 12.5. The van der Waals surface area contributed by atoms with E-state index in [1.807, 2.05) is 4.72 Å². The fourth-order valence-electron chi connectivity index (χ4n) is 1.33. The van der Waals surface area contributed by atoms with Crippen LogP contribution in [0.15, 0.2) is 21.7 Å². The number of nitrogens with one attached hydrogen (secondary N) is 1. The number of rotatable bonds is 4. The topological polar surface area (TPSA) is 81.7 Å². The van der Waals surface area contributed by atoms with Gasteiger partial charge < -0.3 is 9.47 Å². The molecule has 8 heteroatoms. The maximum Gasteiger partial charge on any atom is 0.273 e. The molecule has 94 valence electrons. The quantitative estimate of drug-likeness (QED) is 0.857. The fraction of sp³-hybridized carbons (Fsp3) is 0.444. The van der Waals surface area contributed by atoms with Gasteiger partial charge in [0, 0.05) is 0 Å². The monoisotopic (exact) mass is 277 g/mol. The average molecular weight is 277 g/mol. The van der Waals surface area contributed by atoms with E-state index in [1.54, 1.807) is 11.4 Å². The molecule has 1 aliphatic heterocycles. The highest BCUT2D eigenvalue weighted by atomic mass is 32.2. The Balaban J connectivity index is 1.94. The Kier molecular flexibility index (Phi) is 3.77. The predicted molar refractivity (Wildman–Crippen MR) is 60.0 cm³/mol. The molecule has 0 radical (unpaired) electrons. The average Bonchev–Trinajstić information content (AvgIpc) is 2.87. The van der Waals surface area contributed by atoms with Crippen LogP contribution in [-0.2, 0) is 24.3 Å². The minimum absolute atomic E-state index is 0.110. The minimum Gasteiger partial charge on any atom is -0.350 e. The summed E-state index contributed by atoms with van der Waals surface area (Å²) >= 11 is 1.05. The van der Waals surface area contributed by atoms with Gasteiger partial charge in [-0.05, 0) is 11.4 Å². The van der Waals surface area contributed by atoms with Crippen LogP contribution < -0.4 is 4.72 Å². The summed E-state index contributed by atoms with van der Waals surface area (Å²) in [5, 5.41) is 1.63. The van der Waals surface area contributed by atoms with E-state index < -0.39 is 22.2 Å². The first-order valence-electron chi connectivity index (χ1n) is 4.90. The zero-order valence-corrected chi connectivity index (χ0v) is 10.4. The SMILES string of the molecule is O=C(CC1OCCO1)NS(=O)(=O)c1cccs1. The lowest BCUT2D eigenvalue weighted by Crippen LogP contribution is -2.32. The third kappa shape index (κ3) is 3.25. The third-order valence-electron chi connectivity index (χ3n) is 2.05. The number of thiophene rings is 1. The van der Waals surface area contributed by atoms with Crippen LogP contribution in [0.3, 0.4) is 0 Å². The molecule has 1 N–H and O–H groups in total. The number of hydrogen-bond donors (Lipinski definition) is 1. The molecule has 1 aliphatic rings. The summed E-state index contributed by atoms with van der Waals surface area (Å²) in [7, 11) is -3.75. The van der Waals surface area contributed by atoms with Crippen LogP contribution in [0.4, 0.5) is 0 Å². The van der Waals surface area contributed by atoms with Crippen molar-refractivity contribution in [2.24, 2.45) is 0 Å². The van der Waals surface area contributed by atoms with Gasteiger partial charge in [-0.25, -0.2) is 13.1 Å². The first-order valence-corrected chi connectivity index (χ1v) is 7.26. The van der Waals surface area contributed by atoms with Crippen molar-refractivity contribution in [1.82, 2.24) is 4.72 Å². The summed E-state index contributed by atoms with van der Waals surface area (Å²) in [5.41, 5.74) is 0. The maximum atomic E-state index is 11.7. The van der Waals surface area contributed by atoms with Gasteiger partial charge in [-0.3, -0.25) is 4.79 Å². The Morgan fingerprint density at radius 3 is 2.76 bits per heavy atom. The van der Waals surface area contributed by atoms with E-state index in [-0.39, 0.29) is 10.6 Å². The highest BCUT2D eigenvalue weighted by Gasteiger charge is 2.24. The van der Waals surface area contributed by atoms with E-state index >= 15 is 0 Å². The third-order valence-corrected chi connectivity index (χ3v) is 4.82. The summed E-state index contributed by atoms with van der Waals surface area (Å²) in [6.07, 6.45) is -0.765. The summed E-state index contributed by atoms with van der Waals surface area (Å²) in [6.45, 7) is 0.852. The Hall–Kier alpha value is -0.960. The van der Waals surface area contributed by atoms with Crippen molar-refractivity contribution in [2.45, 2.75) is 16.9 Å². The summed E-state index contributed by atoms with van der Waals surface area (Å²) < 4.78 is 35.5. The van der Waals surface area contributed by atoms with Crippen LogP contribution in [0.25, 0.3) is 0 Å². The lowest BCUT2D eigenvalue weighted by Gasteiger charge is -2.09. The van der Waals surface area contributed by atoms with Crippen LogP contribution >= 0.6 is 11.3 Å². The lowest BCUT2D eigenvalue weighted by atomic mass is 10.4. The fourth-order valence-corrected chi connectivity index (χ4v) is 3.32. The smallest absolute Gasteiger partial charge is 0.273 e. The zero-order valence-electron chi connectivity index (χ0n) is 8.79. The Morgan fingerprint density at radius 1 is 1.47 bits per heavy atom. The van der Waals surface area contributed by atoms with E-state index in [0.29, 0.717) is 13.2 Å². The molecule has 0 atom stereocenters. The second kappa shape index (κ2) is 5.13. The van der Waals surface area contributed by atoms with Gasteiger partial charge in [0.1, 0.15) is 4.21 Å². The van der Waals surface area contributed by atoms with E-state index in [1.165, 1.54) is 6.07 Å². The van der Waals surface area contributed by atoms with Gasteiger partial charge in [0.15, 0.2) is 6.29 Å². The van der Waals surface area contributed by atoms with Gasteiger partial charge >= 0.3 is 0 Å². The van der Waals surface area contributed by atoms with Crippen molar-refractivity contribution in [3.8, 4) is 0 Å². The molecular weight excluding hydrogens is 266 g/mol. The molecular formula is C9H11NO5S2. The van der Waals surface area contributed by atoms with Crippen molar-refractivity contribution in [2.75, 3.05) is 13.2 Å². The largest absolute Gasteiger partial charge is 0.350 e. The van der Waals surface area contributed by atoms with Crippen molar-refractivity contribution in [1.29, 1.82) is 0 Å². The molecule has 1 aromatic rings. The summed E-state index contributed by atoms with van der Waals surface area (Å²) in [6, 6.07) is 3.04. The number of sulfonamides is 1. The van der Waals surface area contributed by atoms with Crippen molar-refractivity contribution >= 4 is 27.3 Å². The number of carbonyl (C=O) groups excluding carboxylic acids is 1. The van der Waals surface area contributed by atoms with Gasteiger partial charge in [-0.2, -0.15) is 0 Å². The van der Waals surface area contributed by atoms with Crippen LogP contribution in [0.1, 0.15) is 6.42 Å². The highest BCUT2D eigenvalue weighted by Crippen LogP contribution is 2.16. The van der Waals surface area contributed by atoms with E-state index in [2.05, 4.69) is 0 Å². The molecule has 0 aliphatic carbocycles. The molecule has 0 bridgehead atoms. The summed E-state index contributed by atoms with van der Waals surface area (Å²) in [5.74, 6) is -0.634. The normalized spacial score (nSPS) is 17.2. The van der Waals surface area contributed by atoms with Gasteiger partial charge in [-0.15, -0.1) is 11.3 Å². The Labute approximate surface area is 103 Å². The van der Waals surface area contributed by atoms with Gasteiger partial charge in [0.05, 0.1) is 19.6 Å². The van der Waals surface area contributed by atoms with Crippen LogP contribution in [0.2, 0.25) is 0 Å². The Bertz CT molecular complexity index is 475. The van der Waals surface area contributed by atoms with Crippen LogP contribution in [-0.4, -0.2) is 33.8 Å². The van der Waals surface area contributed by atoms with Crippen LogP contribution in [0.5, 0.6) is 0 Å². The second-order valence-corrected chi connectivity index (χ2v) is 6.19. The molecule has 0 spiro atoms. The molecule has 0 unspecified atom stereocenters. The van der Waals surface area contributed by atoms with Crippen molar-refractivity contribution < 1.29 is 22.7 Å². The number of ether oxygens (including phenoxy) is 2. The van der Waals surface area contributed by atoms with Crippen molar-refractivity contribution in [3.05, 3.63) is 17.5 Å². The lowest BCUT2D eigenvalue weighted by molar-refractivity contribution is -0.127. The first-order chi connectivity index (χ1) is 8.08. The standard InChI is InChI=1S/C9H11NO5S2/c11-7(6-8-14-3-4-15-8)10-17(12,13)9-2-1-5-16-9/h1-2,5,8H,3-4,6H2,(H,10,11). The molecule has 2 heterocycles. The molecule has 17 heavy (non-hydrogen) atoms. The van der Waals surface area contributed by atoms with Gasteiger partial charge in [0.25, 0.3) is 10.0 Å². The van der Waals surface area contributed by atoms with E-state index in [0.717, 1.165) is 11.3 Å². The molecule has 1 aromatic heterocycles. The molecule has 0 aromatic carbocycles. The number of carbonyl (C=O) groups is 1. The van der Waals surface area contributed by atoms with E-state index in [9.17, 15) is 13.2 Å². The van der Waals surface area contributed by atoms with Gasteiger partial charge in [-0.1, -0.05) is 6.07 Å². The number of amides is 1. The predicted octanol–water partition coefficient (Wildman–Crippen LogP) is 0.316. The number of hydrogen-bond acceptors (Lipinski definition) is 6. The molecule has 6 nitrogen and oxygen atoms in total. The molecule has 1 saturated heterocycles.